The van der Waals surface area contributed by atoms with Gasteiger partial charge in [0.1, 0.15) is 0 Å². The lowest BCUT2D eigenvalue weighted by Gasteiger charge is -2.28. The Morgan fingerprint density at radius 3 is 2.27 bits per heavy atom. The molecule has 0 spiro atoms. The lowest BCUT2D eigenvalue weighted by molar-refractivity contribution is -0.133. The van der Waals surface area contributed by atoms with Gasteiger partial charge in [-0.1, -0.05) is 76.6 Å². The normalized spacial score (nSPS) is 12.6. The zero-order valence-electron chi connectivity index (χ0n) is 15.0. The Morgan fingerprint density at radius 2 is 1.77 bits per heavy atom. The second kappa shape index (κ2) is 8.17. The first kappa shape index (κ1) is 18.5. The van der Waals surface area contributed by atoms with E-state index in [4.69, 9.17) is 0 Å². The quantitative estimate of drug-likeness (QED) is 0.723. The van der Waals surface area contributed by atoms with Gasteiger partial charge in [-0.3, -0.25) is 4.79 Å². The lowest BCUT2D eigenvalue weighted by Crippen LogP contribution is -2.37. The summed E-state index contributed by atoms with van der Waals surface area (Å²) in [4.78, 5) is 14.6. The molecule has 0 saturated carbocycles. The fraction of sp³-hybridized carbons (Fsp3) is 0.550. The van der Waals surface area contributed by atoms with Crippen LogP contribution in [0.3, 0.4) is 0 Å². The number of benzene rings is 1. The summed E-state index contributed by atoms with van der Waals surface area (Å²) in [5, 5.41) is 0. The smallest absolute Gasteiger partial charge is 0.223 e. The maximum absolute atomic E-state index is 12.6. The fourth-order valence-electron chi connectivity index (χ4n) is 2.44. The minimum atomic E-state index is 0.0311. The number of hydrogen-bond acceptors (Lipinski definition) is 1. The highest BCUT2D eigenvalue weighted by molar-refractivity contribution is 5.77. The molecule has 122 valence electrons. The molecule has 22 heavy (non-hydrogen) atoms. The summed E-state index contributed by atoms with van der Waals surface area (Å²) >= 11 is 0. The predicted octanol–water partition coefficient (Wildman–Crippen LogP) is 5.01. The molecule has 1 aromatic rings. The van der Waals surface area contributed by atoms with E-state index in [2.05, 4.69) is 59.8 Å². The molecule has 0 heterocycles. The molecule has 0 fully saturated rings. The molecule has 1 aromatic carbocycles. The summed E-state index contributed by atoms with van der Waals surface area (Å²) in [6.07, 6.45) is 2.76. The van der Waals surface area contributed by atoms with E-state index in [9.17, 15) is 4.79 Å². The minimum absolute atomic E-state index is 0.0311. The Bertz CT molecular complexity index is 494. The Kier molecular flexibility index (Phi) is 6.86. The maximum atomic E-state index is 12.6. The predicted molar refractivity (Wildman–Crippen MR) is 95.6 cm³/mol. The fourth-order valence-corrected chi connectivity index (χ4v) is 2.44. The number of hydrogen-bond donors (Lipinski definition) is 0. The van der Waals surface area contributed by atoms with Crippen molar-refractivity contribution in [2.45, 2.75) is 48.0 Å². The van der Waals surface area contributed by atoms with Crippen molar-refractivity contribution < 1.29 is 4.79 Å². The first-order valence-corrected chi connectivity index (χ1v) is 8.17. The number of rotatable bonds is 6. The van der Waals surface area contributed by atoms with E-state index in [0.29, 0.717) is 18.9 Å². The minimum Gasteiger partial charge on any atom is -0.338 e. The van der Waals surface area contributed by atoms with Crippen LogP contribution in [-0.2, 0) is 4.79 Å². The molecule has 0 unspecified atom stereocenters. The molecule has 1 amide bonds. The first-order chi connectivity index (χ1) is 10.2. The van der Waals surface area contributed by atoms with Gasteiger partial charge in [0.2, 0.25) is 5.91 Å². The van der Waals surface area contributed by atoms with Crippen LogP contribution in [0, 0.1) is 11.3 Å². The zero-order valence-corrected chi connectivity index (χ0v) is 15.0. The van der Waals surface area contributed by atoms with Crippen LogP contribution in [0.5, 0.6) is 0 Å². The van der Waals surface area contributed by atoms with Gasteiger partial charge in [-0.25, -0.2) is 0 Å². The molecule has 1 rings (SSSR count). The Labute approximate surface area is 136 Å². The van der Waals surface area contributed by atoms with Gasteiger partial charge in [-0.15, -0.1) is 0 Å². The van der Waals surface area contributed by atoms with Crippen LogP contribution in [0.4, 0.5) is 0 Å². The van der Waals surface area contributed by atoms with Gasteiger partial charge in [-0.05, 0) is 23.8 Å². The van der Waals surface area contributed by atoms with Crippen molar-refractivity contribution >= 4 is 12.0 Å². The second-order valence-electron chi connectivity index (χ2n) is 7.81. The molecule has 0 aromatic heterocycles. The Morgan fingerprint density at radius 1 is 1.18 bits per heavy atom. The van der Waals surface area contributed by atoms with Crippen LogP contribution in [0.2, 0.25) is 0 Å². The summed E-state index contributed by atoms with van der Waals surface area (Å²) < 4.78 is 0. The number of carbonyl (C=O) groups is 1. The average molecular weight is 301 g/mol. The molecule has 0 saturated heterocycles. The van der Waals surface area contributed by atoms with Crippen LogP contribution in [-0.4, -0.2) is 23.9 Å². The Hall–Kier alpha value is -1.57. The second-order valence-corrected chi connectivity index (χ2v) is 7.81. The molecular weight excluding hydrogens is 270 g/mol. The van der Waals surface area contributed by atoms with Crippen molar-refractivity contribution in [3.05, 3.63) is 41.5 Å². The molecule has 0 radical (unpaired) electrons. The van der Waals surface area contributed by atoms with Gasteiger partial charge in [0.05, 0.1) is 0 Å². The van der Waals surface area contributed by atoms with Crippen molar-refractivity contribution in [3.8, 4) is 0 Å². The Balaban J connectivity index is 2.80. The average Bonchev–Trinajstić information content (AvgIpc) is 2.36. The van der Waals surface area contributed by atoms with Gasteiger partial charge in [0, 0.05) is 19.5 Å². The summed E-state index contributed by atoms with van der Waals surface area (Å²) in [6, 6.07) is 10.3. The standard InChI is InChI=1S/C20H31NO/c1-16(2)14-21(19(22)13-20(4,5)6)15-17(3)12-18-10-8-7-9-11-18/h7-12,16H,13-15H2,1-6H3/b17-12+. The third kappa shape index (κ3) is 7.44. The van der Waals surface area contributed by atoms with Crippen molar-refractivity contribution in [1.82, 2.24) is 4.90 Å². The largest absolute Gasteiger partial charge is 0.338 e. The molecule has 0 N–H and O–H groups in total. The molecule has 0 aliphatic heterocycles. The first-order valence-electron chi connectivity index (χ1n) is 8.17. The van der Waals surface area contributed by atoms with E-state index in [1.807, 2.05) is 23.1 Å². The summed E-state index contributed by atoms with van der Waals surface area (Å²) in [5.74, 6) is 0.732. The van der Waals surface area contributed by atoms with E-state index in [1.54, 1.807) is 0 Å². The maximum Gasteiger partial charge on any atom is 0.223 e. The molecule has 0 aliphatic carbocycles. The van der Waals surface area contributed by atoms with E-state index in [-0.39, 0.29) is 11.3 Å². The van der Waals surface area contributed by atoms with E-state index >= 15 is 0 Å². The molecule has 0 aliphatic rings. The summed E-state index contributed by atoms with van der Waals surface area (Å²) in [7, 11) is 0. The van der Waals surface area contributed by atoms with Crippen LogP contribution in [0.15, 0.2) is 35.9 Å². The number of amides is 1. The van der Waals surface area contributed by atoms with E-state index < -0.39 is 0 Å². The van der Waals surface area contributed by atoms with E-state index in [0.717, 1.165) is 6.54 Å². The molecule has 0 atom stereocenters. The van der Waals surface area contributed by atoms with E-state index in [1.165, 1.54) is 11.1 Å². The topological polar surface area (TPSA) is 20.3 Å². The monoisotopic (exact) mass is 301 g/mol. The van der Waals surface area contributed by atoms with Crippen LogP contribution in [0.1, 0.15) is 53.5 Å². The van der Waals surface area contributed by atoms with Crippen LogP contribution < -0.4 is 0 Å². The highest BCUT2D eigenvalue weighted by Gasteiger charge is 2.21. The van der Waals surface area contributed by atoms with Gasteiger partial charge in [0.25, 0.3) is 0 Å². The van der Waals surface area contributed by atoms with Crippen molar-refractivity contribution in [3.63, 3.8) is 0 Å². The molecule has 0 bridgehead atoms. The number of carbonyl (C=O) groups excluding carboxylic acids is 1. The van der Waals surface area contributed by atoms with Gasteiger partial charge in [0.15, 0.2) is 0 Å². The van der Waals surface area contributed by atoms with Crippen LogP contribution >= 0.6 is 0 Å². The highest BCUT2D eigenvalue weighted by atomic mass is 16.2. The third-order valence-electron chi connectivity index (χ3n) is 3.27. The van der Waals surface area contributed by atoms with Gasteiger partial charge < -0.3 is 4.90 Å². The van der Waals surface area contributed by atoms with Crippen LogP contribution in [0.25, 0.3) is 6.08 Å². The summed E-state index contributed by atoms with van der Waals surface area (Å²) in [5.41, 5.74) is 2.44. The summed E-state index contributed by atoms with van der Waals surface area (Å²) in [6.45, 7) is 14.3. The molecular formula is C20H31NO. The molecule has 2 nitrogen and oxygen atoms in total. The van der Waals surface area contributed by atoms with Crippen molar-refractivity contribution in [2.75, 3.05) is 13.1 Å². The highest BCUT2D eigenvalue weighted by Crippen LogP contribution is 2.21. The van der Waals surface area contributed by atoms with Gasteiger partial charge >= 0.3 is 0 Å². The lowest BCUT2D eigenvalue weighted by atomic mass is 9.91. The zero-order chi connectivity index (χ0) is 16.8. The third-order valence-corrected chi connectivity index (χ3v) is 3.27. The van der Waals surface area contributed by atoms with Crippen molar-refractivity contribution in [1.29, 1.82) is 0 Å². The number of nitrogens with zero attached hydrogens (tertiary/aromatic N) is 1. The SMILES string of the molecule is C/C(=C\c1ccccc1)CN(CC(C)C)C(=O)CC(C)(C)C. The van der Waals surface area contributed by atoms with Crippen molar-refractivity contribution in [2.24, 2.45) is 11.3 Å². The molecule has 2 heteroatoms. The van der Waals surface area contributed by atoms with Gasteiger partial charge in [-0.2, -0.15) is 0 Å².